The first-order chi connectivity index (χ1) is 9.34. The molecule has 0 aliphatic heterocycles. The van der Waals surface area contributed by atoms with Crippen LogP contribution in [0.1, 0.15) is 42.6 Å². The number of hydrogen-bond acceptors (Lipinski definition) is 3. The Bertz CT molecular complexity index is 544. The molecule has 1 rings (SSSR count). The SMILES string of the molecule is CC(C)(CCC(=O)O)NC(=O)c1cccc(CC#N)c1. The van der Waals surface area contributed by atoms with Crippen LogP contribution < -0.4 is 5.32 Å². The Hall–Kier alpha value is -2.35. The first kappa shape index (κ1) is 15.7. The smallest absolute Gasteiger partial charge is 0.303 e. The minimum Gasteiger partial charge on any atom is -0.481 e. The molecule has 0 heterocycles. The second kappa shape index (κ2) is 6.71. The third-order valence-corrected chi connectivity index (χ3v) is 2.89. The highest BCUT2D eigenvalue weighted by atomic mass is 16.4. The lowest BCUT2D eigenvalue weighted by molar-refractivity contribution is -0.137. The average molecular weight is 274 g/mol. The van der Waals surface area contributed by atoms with Gasteiger partial charge >= 0.3 is 5.97 Å². The van der Waals surface area contributed by atoms with E-state index in [2.05, 4.69) is 5.32 Å². The Morgan fingerprint density at radius 3 is 2.70 bits per heavy atom. The summed E-state index contributed by atoms with van der Waals surface area (Å²) in [7, 11) is 0. The van der Waals surface area contributed by atoms with Crippen molar-refractivity contribution in [3.63, 3.8) is 0 Å². The molecule has 1 aromatic carbocycles. The number of carbonyl (C=O) groups is 2. The van der Waals surface area contributed by atoms with Crippen molar-refractivity contribution in [2.75, 3.05) is 0 Å². The molecule has 5 heteroatoms. The van der Waals surface area contributed by atoms with Crippen LogP contribution in [-0.4, -0.2) is 22.5 Å². The molecular weight excluding hydrogens is 256 g/mol. The predicted octanol–water partition coefficient (Wildman–Crippen LogP) is 2.13. The van der Waals surface area contributed by atoms with E-state index in [9.17, 15) is 9.59 Å². The number of amides is 1. The molecule has 5 nitrogen and oxygen atoms in total. The Labute approximate surface area is 118 Å². The number of carboxylic acids is 1. The molecule has 0 bridgehead atoms. The number of hydrogen-bond donors (Lipinski definition) is 2. The Kier molecular flexibility index (Phi) is 5.27. The highest BCUT2D eigenvalue weighted by Crippen LogP contribution is 2.13. The standard InChI is InChI=1S/C15H18N2O3/c1-15(2,8-6-13(18)19)17-14(20)12-5-3-4-11(10-12)7-9-16/h3-5,10H,6-8H2,1-2H3,(H,17,20)(H,18,19). The van der Waals surface area contributed by atoms with E-state index in [4.69, 9.17) is 10.4 Å². The van der Waals surface area contributed by atoms with Gasteiger partial charge in [-0.2, -0.15) is 5.26 Å². The third kappa shape index (κ3) is 5.11. The second-order valence-electron chi connectivity index (χ2n) is 5.27. The number of carbonyl (C=O) groups excluding carboxylic acids is 1. The van der Waals surface area contributed by atoms with Crippen molar-refractivity contribution in [2.45, 2.75) is 38.6 Å². The monoisotopic (exact) mass is 274 g/mol. The van der Waals surface area contributed by atoms with Crippen LogP contribution in [-0.2, 0) is 11.2 Å². The van der Waals surface area contributed by atoms with E-state index in [1.54, 1.807) is 38.1 Å². The van der Waals surface area contributed by atoms with Crippen molar-refractivity contribution in [2.24, 2.45) is 0 Å². The van der Waals surface area contributed by atoms with Gasteiger partial charge in [-0.25, -0.2) is 0 Å². The summed E-state index contributed by atoms with van der Waals surface area (Å²) in [5.41, 5.74) is 0.658. The summed E-state index contributed by atoms with van der Waals surface area (Å²) < 4.78 is 0. The number of rotatable bonds is 6. The molecule has 20 heavy (non-hydrogen) atoms. The number of nitrogens with one attached hydrogen (secondary N) is 1. The highest BCUT2D eigenvalue weighted by Gasteiger charge is 2.22. The number of nitriles is 1. The minimum atomic E-state index is -0.886. The van der Waals surface area contributed by atoms with Gasteiger partial charge in [0, 0.05) is 17.5 Å². The van der Waals surface area contributed by atoms with Gasteiger partial charge in [0.15, 0.2) is 0 Å². The maximum atomic E-state index is 12.1. The van der Waals surface area contributed by atoms with Crippen molar-refractivity contribution in [1.82, 2.24) is 5.32 Å². The van der Waals surface area contributed by atoms with Gasteiger partial charge in [0.1, 0.15) is 0 Å². The molecule has 0 saturated carbocycles. The lowest BCUT2D eigenvalue weighted by atomic mass is 9.97. The fourth-order valence-electron chi connectivity index (χ4n) is 1.78. The largest absolute Gasteiger partial charge is 0.481 e. The normalized spacial score (nSPS) is 10.7. The van der Waals surface area contributed by atoms with Crippen LogP contribution >= 0.6 is 0 Å². The number of benzene rings is 1. The Morgan fingerprint density at radius 1 is 1.40 bits per heavy atom. The molecule has 1 amide bonds. The molecule has 0 radical (unpaired) electrons. The van der Waals surface area contributed by atoms with Crippen molar-refractivity contribution in [3.8, 4) is 6.07 Å². The van der Waals surface area contributed by atoms with Crippen molar-refractivity contribution < 1.29 is 14.7 Å². The topological polar surface area (TPSA) is 90.2 Å². The van der Waals surface area contributed by atoms with Crippen LogP contribution in [0.3, 0.4) is 0 Å². The fourth-order valence-corrected chi connectivity index (χ4v) is 1.78. The van der Waals surface area contributed by atoms with E-state index in [1.165, 1.54) is 0 Å². The summed E-state index contributed by atoms with van der Waals surface area (Å²) in [6.45, 7) is 3.57. The van der Waals surface area contributed by atoms with E-state index in [0.717, 1.165) is 5.56 Å². The molecule has 0 aliphatic rings. The second-order valence-corrected chi connectivity index (χ2v) is 5.27. The molecule has 0 spiro atoms. The van der Waals surface area contributed by atoms with Gasteiger partial charge < -0.3 is 10.4 Å². The van der Waals surface area contributed by atoms with Crippen molar-refractivity contribution in [1.29, 1.82) is 5.26 Å². The zero-order chi connectivity index (χ0) is 15.2. The molecule has 1 aromatic rings. The third-order valence-electron chi connectivity index (χ3n) is 2.89. The van der Waals surface area contributed by atoms with Gasteiger partial charge in [-0.05, 0) is 38.0 Å². The fraction of sp³-hybridized carbons (Fsp3) is 0.400. The van der Waals surface area contributed by atoms with E-state index in [-0.39, 0.29) is 18.7 Å². The summed E-state index contributed by atoms with van der Waals surface area (Å²) in [5.74, 6) is -1.15. The molecule has 0 saturated heterocycles. The quantitative estimate of drug-likeness (QED) is 0.831. The molecule has 2 N–H and O–H groups in total. The summed E-state index contributed by atoms with van der Waals surface area (Å²) in [4.78, 5) is 22.7. The molecular formula is C15H18N2O3. The summed E-state index contributed by atoms with van der Waals surface area (Å²) in [5, 5.41) is 20.1. The van der Waals surface area contributed by atoms with Crippen LogP contribution in [0.2, 0.25) is 0 Å². The number of aliphatic carboxylic acids is 1. The Balaban J connectivity index is 2.73. The maximum absolute atomic E-state index is 12.1. The maximum Gasteiger partial charge on any atom is 0.303 e. The molecule has 106 valence electrons. The number of nitrogens with zero attached hydrogens (tertiary/aromatic N) is 1. The summed E-state index contributed by atoms with van der Waals surface area (Å²) >= 11 is 0. The first-order valence-electron chi connectivity index (χ1n) is 6.34. The van der Waals surface area contributed by atoms with Gasteiger partial charge in [0.05, 0.1) is 12.5 Å². The van der Waals surface area contributed by atoms with Crippen LogP contribution in [0.5, 0.6) is 0 Å². The first-order valence-corrected chi connectivity index (χ1v) is 6.34. The van der Waals surface area contributed by atoms with E-state index >= 15 is 0 Å². The van der Waals surface area contributed by atoms with Gasteiger partial charge in [-0.3, -0.25) is 9.59 Å². The molecule has 0 fully saturated rings. The average Bonchev–Trinajstić information content (AvgIpc) is 2.37. The minimum absolute atomic E-state index is 0.00174. The van der Waals surface area contributed by atoms with Gasteiger partial charge in [0.25, 0.3) is 5.91 Å². The van der Waals surface area contributed by atoms with Gasteiger partial charge in [-0.15, -0.1) is 0 Å². The van der Waals surface area contributed by atoms with Crippen LogP contribution in [0.15, 0.2) is 24.3 Å². The van der Waals surface area contributed by atoms with Gasteiger partial charge in [0.2, 0.25) is 0 Å². The predicted molar refractivity (Wildman–Crippen MR) is 74.2 cm³/mol. The number of carboxylic acid groups (broad SMARTS) is 1. The van der Waals surface area contributed by atoms with E-state index in [0.29, 0.717) is 12.0 Å². The molecule has 0 aliphatic carbocycles. The van der Waals surface area contributed by atoms with Crippen molar-refractivity contribution in [3.05, 3.63) is 35.4 Å². The summed E-state index contributed by atoms with van der Waals surface area (Å²) in [6, 6.07) is 8.89. The summed E-state index contributed by atoms with van der Waals surface area (Å²) in [6.07, 6.45) is 0.608. The highest BCUT2D eigenvalue weighted by molar-refractivity contribution is 5.94. The zero-order valence-electron chi connectivity index (χ0n) is 11.6. The van der Waals surface area contributed by atoms with E-state index < -0.39 is 11.5 Å². The van der Waals surface area contributed by atoms with Gasteiger partial charge in [-0.1, -0.05) is 12.1 Å². The molecule has 0 atom stereocenters. The molecule has 0 unspecified atom stereocenters. The lowest BCUT2D eigenvalue weighted by Crippen LogP contribution is -2.43. The van der Waals surface area contributed by atoms with Crippen LogP contribution in [0.4, 0.5) is 0 Å². The van der Waals surface area contributed by atoms with Crippen molar-refractivity contribution >= 4 is 11.9 Å². The molecule has 0 aromatic heterocycles. The zero-order valence-corrected chi connectivity index (χ0v) is 11.6. The lowest BCUT2D eigenvalue weighted by Gasteiger charge is -2.25. The van der Waals surface area contributed by atoms with E-state index in [1.807, 2.05) is 6.07 Å². The van der Waals surface area contributed by atoms with Crippen LogP contribution in [0.25, 0.3) is 0 Å². The van der Waals surface area contributed by atoms with Crippen LogP contribution in [0, 0.1) is 11.3 Å². The Morgan fingerprint density at radius 2 is 2.10 bits per heavy atom.